The molecule has 0 bridgehead atoms. The second-order valence-electron chi connectivity index (χ2n) is 4.75. The predicted octanol–water partition coefficient (Wildman–Crippen LogP) is 1.90. The van der Waals surface area contributed by atoms with Crippen LogP contribution in [0.4, 0.5) is 4.39 Å². The van der Waals surface area contributed by atoms with Crippen LogP contribution in [0, 0.1) is 5.92 Å². The molecular formula is C10H19FO5S2. The molecule has 1 N–H and O–H groups in total. The molecule has 0 aromatic carbocycles. The largest absolute Gasteiger partial charge is 0.333 e. The summed E-state index contributed by atoms with van der Waals surface area (Å²) >= 11 is 0. The molecule has 1 atom stereocenters. The molecule has 1 rings (SSSR count). The molecule has 0 radical (unpaired) electrons. The van der Waals surface area contributed by atoms with E-state index in [9.17, 15) is 21.2 Å². The second kappa shape index (κ2) is 5.42. The Bertz CT molecular complexity index is 478. The third-order valence-electron chi connectivity index (χ3n) is 3.49. The lowest BCUT2D eigenvalue weighted by Gasteiger charge is -2.28. The normalized spacial score (nSPS) is 22.6. The molecule has 1 aliphatic carbocycles. The summed E-state index contributed by atoms with van der Waals surface area (Å²) in [7, 11) is -9.81. The van der Waals surface area contributed by atoms with Gasteiger partial charge in [0.25, 0.3) is 0 Å². The average Bonchev–Trinajstić information content (AvgIpc) is 2.28. The topological polar surface area (TPSA) is 88.5 Å². The molecule has 18 heavy (non-hydrogen) atoms. The summed E-state index contributed by atoms with van der Waals surface area (Å²) in [5, 5.41) is 0. The predicted molar refractivity (Wildman–Crippen MR) is 66.0 cm³/mol. The van der Waals surface area contributed by atoms with Crippen LogP contribution in [0.3, 0.4) is 0 Å². The van der Waals surface area contributed by atoms with Crippen LogP contribution in [0.15, 0.2) is 0 Å². The summed E-state index contributed by atoms with van der Waals surface area (Å²) in [4.78, 5) is 0. The van der Waals surface area contributed by atoms with Crippen LogP contribution < -0.4 is 0 Å². The number of sulfone groups is 1. The maximum atomic E-state index is 14.4. The first-order valence-corrected chi connectivity index (χ1v) is 9.11. The van der Waals surface area contributed by atoms with Gasteiger partial charge in [-0.15, -0.1) is 0 Å². The van der Waals surface area contributed by atoms with Crippen molar-refractivity contribution in [3.63, 3.8) is 0 Å². The Hall–Kier alpha value is -0.210. The van der Waals surface area contributed by atoms with Crippen LogP contribution in [0.1, 0.15) is 45.4 Å². The fraction of sp³-hybridized carbons (Fsp3) is 1.00. The number of alkyl halides is 1. The van der Waals surface area contributed by atoms with Crippen molar-refractivity contribution in [1.29, 1.82) is 0 Å². The second-order valence-corrected chi connectivity index (χ2v) is 9.06. The Morgan fingerprint density at radius 2 is 1.67 bits per heavy atom. The maximum Gasteiger partial charge on any atom is 0.333 e. The van der Waals surface area contributed by atoms with Crippen molar-refractivity contribution in [2.24, 2.45) is 5.92 Å². The lowest BCUT2D eigenvalue weighted by Crippen LogP contribution is -2.44. The first-order valence-electron chi connectivity index (χ1n) is 6.02. The van der Waals surface area contributed by atoms with Gasteiger partial charge in [-0.25, -0.2) is 12.8 Å². The van der Waals surface area contributed by atoms with Gasteiger partial charge in [-0.05, 0) is 5.92 Å². The van der Waals surface area contributed by atoms with Gasteiger partial charge in [0.1, 0.15) is 0 Å². The highest BCUT2D eigenvalue weighted by Gasteiger charge is 2.55. The molecule has 0 heterocycles. The van der Waals surface area contributed by atoms with Gasteiger partial charge in [0.15, 0.2) is 0 Å². The minimum absolute atomic E-state index is 0.313. The van der Waals surface area contributed by atoms with Gasteiger partial charge in [-0.3, -0.25) is 4.55 Å². The van der Waals surface area contributed by atoms with E-state index in [0.717, 1.165) is 26.2 Å². The van der Waals surface area contributed by atoms with Crippen LogP contribution >= 0.6 is 0 Å². The van der Waals surface area contributed by atoms with Crippen LogP contribution in [0.5, 0.6) is 0 Å². The van der Waals surface area contributed by atoms with Crippen molar-refractivity contribution in [1.82, 2.24) is 0 Å². The van der Waals surface area contributed by atoms with Crippen LogP contribution in [-0.4, -0.2) is 31.5 Å². The summed E-state index contributed by atoms with van der Waals surface area (Å²) in [5.41, 5.74) is 0. The highest BCUT2D eigenvalue weighted by atomic mass is 32.3. The van der Waals surface area contributed by atoms with Crippen molar-refractivity contribution in [2.45, 2.75) is 49.8 Å². The maximum absolute atomic E-state index is 14.4. The summed E-state index contributed by atoms with van der Waals surface area (Å²) in [6, 6.07) is 0. The van der Waals surface area contributed by atoms with Gasteiger partial charge < -0.3 is 0 Å². The molecule has 0 amide bonds. The summed E-state index contributed by atoms with van der Waals surface area (Å²) in [6.45, 7) is 1.16. The van der Waals surface area contributed by atoms with Gasteiger partial charge in [-0.1, -0.05) is 39.0 Å². The van der Waals surface area contributed by atoms with Gasteiger partial charge in [0.2, 0.25) is 9.84 Å². The molecule has 0 saturated heterocycles. The SMILES string of the molecule is CCS(=O)(=O)C(F)(CC1CCCCC1)S(=O)(=O)O. The first-order chi connectivity index (χ1) is 8.14. The summed E-state index contributed by atoms with van der Waals surface area (Å²) in [5.74, 6) is -0.970. The molecule has 0 aromatic heterocycles. The van der Waals surface area contributed by atoms with E-state index < -0.39 is 36.5 Å². The van der Waals surface area contributed by atoms with E-state index in [1.807, 2.05) is 0 Å². The molecule has 1 fully saturated rings. The standard InChI is InChI=1S/C10H19FO5S2/c1-2-17(12,13)10(11,18(14,15)16)8-9-6-4-3-5-7-9/h9H,2-8H2,1H3,(H,14,15,16). The molecule has 1 unspecified atom stereocenters. The highest BCUT2D eigenvalue weighted by molar-refractivity contribution is 8.07. The summed E-state index contributed by atoms with van der Waals surface area (Å²) < 4.78 is 65.4. The van der Waals surface area contributed by atoms with Crippen LogP contribution in [0.2, 0.25) is 0 Å². The molecule has 0 aliphatic heterocycles. The Balaban J connectivity index is 3.07. The van der Waals surface area contributed by atoms with Gasteiger partial charge in [-0.2, -0.15) is 8.42 Å². The quantitative estimate of drug-likeness (QED) is 0.784. The lowest BCUT2D eigenvalue weighted by molar-refractivity contribution is 0.237. The van der Waals surface area contributed by atoms with Crippen molar-refractivity contribution >= 4 is 20.0 Å². The summed E-state index contributed by atoms with van der Waals surface area (Å²) in [6.07, 6.45) is 3.18. The van der Waals surface area contributed by atoms with Crippen LogP contribution in [-0.2, 0) is 20.0 Å². The van der Waals surface area contributed by atoms with E-state index in [1.165, 1.54) is 0 Å². The molecule has 0 spiro atoms. The average molecular weight is 302 g/mol. The van der Waals surface area contributed by atoms with Crippen LogP contribution in [0.25, 0.3) is 0 Å². The number of halogens is 1. The monoisotopic (exact) mass is 302 g/mol. The van der Waals surface area contributed by atoms with E-state index in [-0.39, 0.29) is 5.92 Å². The fourth-order valence-corrected chi connectivity index (χ4v) is 5.35. The third kappa shape index (κ3) is 3.03. The molecule has 1 saturated carbocycles. The van der Waals surface area contributed by atoms with E-state index in [1.54, 1.807) is 0 Å². The Kier molecular flexibility index (Phi) is 4.77. The minimum Gasteiger partial charge on any atom is -0.282 e. The molecule has 5 nitrogen and oxygen atoms in total. The van der Waals surface area contributed by atoms with Crippen molar-refractivity contribution < 1.29 is 25.8 Å². The zero-order chi connectivity index (χ0) is 14.0. The van der Waals surface area contributed by atoms with Crippen molar-refractivity contribution in [3.8, 4) is 0 Å². The fourth-order valence-electron chi connectivity index (χ4n) is 2.34. The van der Waals surface area contributed by atoms with Gasteiger partial charge in [0.05, 0.1) is 5.75 Å². The Morgan fingerprint density at radius 3 is 2.06 bits per heavy atom. The number of hydrogen-bond acceptors (Lipinski definition) is 4. The first kappa shape index (κ1) is 15.8. The lowest BCUT2D eigenvalue weighted by atomic mass is 9.87. The molecule has 8 heteroatoms. The number of rotatable bonds is 5. The molecule has 0 aromatic rings. The minimum atomic E-state index is -5.29. The number of hydrogen-bond donors (Lipinski definition) is 1. The zero-order valence-corrected chi connectivity index (χ0v) is 11.9. The van der Waals surface area contributed by atoms with Crippen molar-refractivity contribution in [2.75, 3.05) is 5.75 Å². The Morgan fingerprint density at radius 1 is 1.17 bits per heavy atom. The van der Waals surface area contributed by atoms with E-state index in [0.29, 0.717) is 12.8 Å². The molecular weight excluding hydrogens is 283 g/mol. The van der Waals surface area contributed by atoms with Crippen molar-refractivity contribution in [3.05, 3.63) is 0 Å². The van der Waals surface area contributed by atoms with E-state index in [4.69, 9.17) is 4.55 Å². The smallest absolute Gasteiger partial charge is 0.282 e. The molecule has 1 aliphatic rings. The molecule has 108 valence electrons. The van der Waals surface area contributed by atoms with Gasteiger partial charge in [0, 0.05) is 6.42 Å². The zero-order valence-electron chi connectivity index (χ0n) is 10.3. The third-order valence-corrected chi connectivity index (χ3v) is 7.67. The highest BCUT2D eigenvalue weighted by Crippen LogP contribution is 2.38. The van der Waals surface area contributed by atoms with Gasteiger partial charge >= 0.3 is 14.5 Å². The Labute approximate surface area is 107 Å². The van der Waals surface area contributed by atoms with E-state index in [2.05, 4.69) is 0 Å². The van der Waals surface area contributed by atoms with E-state index >= 15 is 0 Å².